The Bertz CT molecular complexity index is 1430. The molecule has 11 nitrogen and oxygen atoms in total. The van der Waals surface area contributed by atoms with Crippen molar-refractivity contribution in [3.8, 4) is 28.7 Å². The van der Waals surface area contributed by atoms with Crippen molar-refractivity contribution in [2.24, 2.45) is 0 Å². The van der Waals surface area contributed by atoms with Gasteiger partial charge >= 0.3 is 0 Å². The van der Waals surface area contributed by atoms with Crippen LogP contribution in [0.4, 0.5) is 17.3 Å². The molecular formula is C26H28N6O5S. The Morgan fingerprint density at radius 3 is 2.11 bits per heavy atom. The van der Waals surface area contributed by atoms with E-state index in [1.54, 1.807) is 59.9 Å². The van der Waals surface area contributed by atoms with Crippen LogP contribution in [-0.4, -0.2) is 55.6 Å². The Kier molecular flexibility index (Phi) is 8.44. The molecule has 0 unspecified atom stereocenters. The number of rotatable bonds is 10. The van der Waals surface area contributed by atoms with Crippen LogP contribution in [-0.2, 0) is 6.54 Å². The molecule has 4 aromatic rings. The quantitative estimate of drug-likeness (QED) is 0.251. The second-order valence-corrected chi connectivity index (χ2v) is 8.24. The van der Waals surface area contributed by atoms with Crippen molar-refractivity contribution >= 4 is 45.8 Å². The summed E-state index contributed by atoms with van der Waals surface area (Å²) in [5.74, 6) is 3.86. The normalized spacial score (nSPS) is 10.4. The molecule has 2 aromatic heterocycles. The number of thiocarbonyl (C=S) groups is 1. The van der Waals surface area contributed by atoms with Crippen LogP contribution in [0.25, 0.3) is 11.2 Å². The number of methoxy groups -OCH3 is 5. The van der Waals surface area contributed by atoms with Crippen molar-refractivity contribution in [2.45, 2.75) is 6.54 Å². The number of pyridine rings is 1. The van der Waals surface area contributed by atoms with Crippen LogP contribution < -0.4 is 39.6 Å². The Hall–Kier alpha value is -4.58. The highest BCUT2D eigenvalue weighted by Gasteiger charge is 2.14. The standard InChI is InChI=1S/C26H28N6O5S/c1-33-18-8-6-15(10-19(18)34-2)13-28-26(38)32-22-9-7-17-25(30-22)31-23(14-27-17)29-16-11-20(35-3)24(37-5)21(12-16)36-4/h6-12,14H,13H2,1-5H3,(H3,28,29,30,31,32,38). The summed E-state index contributed by atoms with van der Waals surface area (Å²) in [4.78, 5) is 13.6. The molecule has 0 amide bonds. The number of fused-ring (bicyclic) bond motifs is 1. The van der Waals surface area contributed by atoms with Gasteiger partial charge in [0.2, 0.25) is 5.75 Å². The van der Waals surface area contributed by atoms with Crippen LogP contribution >= 0.6 is 12.2 Å². The van der Waals surface area contributed by atoms with Gasteiger partial charge < -0.3 is 39.6 Å². The van der Waals surface area contributed by atoms with Crippen LogP contribution in [0.15, 0.2) is 48.7 Å². The Labute approximate surface area is 225 Å². The molecule has 12 heteroatoms. The topological polar surface area (TPSA) is 121 Å². The molecule has 0 bridgehead atoms. The fourth-order valence-electron chi connectivity index (χ4n) is 3.66. The summed E-state index contributed by atoms with van der Waals surface area (Å²) in [6.07, 6.45) is 1.62. The molecule has 0 aliphatic heterocycles. The second kappa shape index (κ2) is 12.1. The maximum Gasteiger partial charge on any atom is 0.203 e. The fourth-order valence-corrected chi connectivity index (χ4v) is 3.84. The number of aromatic nitrogens is 3. The smallest absolute Gasteiger partial charge is 0.203 e. The molecule has 0 spiro atoms. The molecule has 0 aliphatic carbocycles. The third-order valence-electron chi connectivity index (χ3n) is 5.49. The predicted molar refractivity (Wildman–Crippen MR) is 149 cm³/mol. The second-order valence-electron chi connectivity index (χ2n) is 7.83. The van der Waals surface area contributed by atoms with Crippen LogP contribution in [0.3, 0.4) is 0 Å². The molecule has 2 aromatic carbocycles. The lowest BCUT2D eigenvalue weighted by Gasteiger charge is -2.15. The largest absolute Gasteiger partial charge is 0.493 e. The monoisotopic (exact) mass is 536 g/mol. The van der Waals surface area contributed by atoms with Gasteiger partial charge in [0.1, 0.15) is 11.3 Å². The van der Waals surface area contributed by atoms with E-state index in [1.165, 1.54) is 0 Å². The Morgan fingerprint density at radius 1 is 0.763 bits per heavy atom. The van der Waals surface area contributed by atoms with Crippen LogP contribution in [0.2, 0.25) is 0 Å². The molecule has 38 heavy (non-hydrogen) atoms. The van der Waals surface area contributed by atoms with Gasteiger partial charge in [0, 0.05) is 24.4 Å². The molecule has 0 aliphatic rings. The molecule has 2 heterocycles. The van der Waals surface area contributed by atoms with Gasteiger partial charge in [-0.2, -0.15) is 0 Å². The summed E-state index contributed by atoms with van der Waals surface area (Å²) < 4.78 is 26.8. The van der Waals surface area contributed by atoms with E-state index < -0.39 is 0 Å². The van der Waals surface area contributed by atoms with Gasteiger partial charge in [-0.15, -0.1) is 0 Å². The van der Waals surface area contributed by atoms with Crippen molar-refractivity contribution in [2.75, 3.05) is 46.2 Å². The lowest BCUT2D eigenvalue weighted by Crippen LogP contribution is -2.28. The van der Waals surface area contributed by atoms with Crippen molar-refractivity contribution < 1.29 is 23.7 Å². The number of nitrogens with one attached hydrogen (secondary N) is 3. The molecule has 4 rings (SSSR count). The van der Waals surface area contributed by atoms with E-state index >= 15 is 0 Å². The zero-order chi connectivity index (χ0) is 27.1. The first-order valence-electron chi connectivity index (χ1n) is 11.4. The van der Waals surface area contributed by atoms with Crippen molar-refractivity contribution in [3.63, 3.8) is 0 Å². The third kappa shape index (κ3) is 6.03. The molecule has 198 valence electrons. The van der Waals surface area contributed by atoms with Gasteiger partial charge in [0.05, 0.1) is 41.7 Å². The number of benzene rings is 2. The van der Waals surface area contributed by atoms with E-state index in [4.69, 9.17) is 35.9 Å². The first-order valence-corrected chi connectivity index (χ1v) is 11.8. The number of nitrogens with zero attached hydrogens (tertiary/aromatic N) is 3. The van der Waals surface area contributed by atoms with Crippen molar-refractivity contribution in [1.82, 2.24) is 20.3 Å². The van der Waals surface area contributed by atoms with Gasteiger partial charge in [0.15, 0.2) is 39.6 Å². The maximum atomic E-state index is 5.45. The highest BCUT2D eigenvalue weighted by atomic mass is 32.1. The summed E-state index contributed by atoms with van der Waals surface area (Å²) in [6.45, 7) is 0.489. The van der Waals surface area contributed by atoms with Crippen LogP contribution in [0.5, 0.6) is 28.7 Å². The van der Waals surface area contributed by atoms with Gasteiger partial charge in [0.25, 0.3) is 0 Å². The van der Waals surface area contributed by atoms with Gasteiger partial charge in [-0.1, -0.05) is 6.07 Å². The summed E-state index contributed by atoms with van der Waals surface area (Å²) in [6, 6.07) is 12.8. The minimum Gasteiger partial charge on any atom is -0.493 e. The van der Waals surface area contributed by atoms with Gasteiger partial charge in [-0.3, -0.25) is 0 Å². The zero-order valence-corrected chi connectivity index (χ0v) is 22.4. The molecular weight excluding hydrogens is 508 g/mol. The van der Waals surface area contributed by atoms with Crippen molar-refractivity contribution in [1.29, 1.82) is 0 Å². The van der Waals surface area contributed by atoms with Crippen LogP contribution in [0, 0.1) is 0 Å². The molecule has 0 saturated heterocycles. The maximum absolute atomic E-state index is 5.45. The van der Waals surface area contributed by atoms with E-state index in [2.05, 4.69) is 30.9 Å². The van der Waals surface area contributed by atoms with Crippen LogP contribution in [0.1, 0.15) is 5.56 Å². The SMILES string of the molecule is COc1ccc(CNC(=S)Nc2ccc3ncc(Nc4cc(OC)c(OC)c(OC)c4)nc3n2)cc1OC. The first kappa shape index (κ1) is 26.5. The minimum absolute atomic E-state index is 0.409. The average molecular weight is 537 g/mol. The average Bonchev–Trinajstić information content (AvgIpc) is 2.95. The summed E-state index contributed by atoms with van der Waals surface area (Å²) in [7, 11) is 7.87. The van der Waals surface area contributed by atoms with E-state index in [1.807, 2.05) is 24.3 Å². The number of hydrogen-bond donors (Lipinski definition) is 3. The predicted octanol–water partition coefficient (Wildman–Crippen LogP) is 4.30. The lowest BCUT2D eigenvalue weighted by molar-refractivity contribution is 0.324. The highest BCUT2D eigenvalue weighted by Crippen LogP contribution is 2.40. The van der Waals surface area contributed by atoms with E-state index in [-0.39, 0.29) is 0 Å². The minimum atomic E-state index is 0.409. The first-order chi connectivity index (χ1) is 18.5. The Morgan fingerprint density at radius 2 is 1.45 bits per heavy atom. The molecule has 0 atom stereocenters. The van der Waals surface area contributed by atoms with E-state index in [0.29, 0.717) is 68.9 Å². The van der Waals surface area contributed by atoms with E-state index in [9.17, 15) is 0 Å². The lowest BCUT2D eigenvalue weighted by atomic mass is 10.2. The molecule has 0 fully saturated rings. The molecule has 0 radical (unpaired) electrons. The summed E-state index contributed by atoms with van der Waals surface area (Å²) in [5, 5.41) is 9.86. The van der Waals surface area contributed by atoms with E-state index in [0.717, 1.165) is 5.56 Å². The zero-order valence-electron chi connectivity index (χ0n) is 21.6. The fraction of sp³-hybridized carbons (Fsp3) is 0.231. The van der Waals surface area contributed by atoms with Gasteiger partial charge in [-0.05, 0) is 42.0 Å². The molecule has 3 N–H and O–H groups in total. The van der Waals surface area contributed by atoms with Crippen molar-refractivity contribution in [3.05, 3.63) is 54.2 Å². The number of hydrogen-bond acceptors (Lipinski definition) is 10. The number of anilines is 3. The summed E-state index contributed by atoms with van der Waals surface area (Å²) in [5.41, 5.74) is 2.74. The number of ether oxygens (including phenoxy) is 5. The van der Waals surface area contributed by atoms with Gasteiger partial charge in [-0.25, -0.2) is 15.0 Å². The molecule has 0 saturated carbocycles. The summed E-state index contributed by atoms with van der Waals surface area (Å²) >= 11 is 5.45. The highest BCUT2D eigenvalue weighted by molar-refractivity contribution is 7.80. The Balaban J connectivity index is 1.46. The third-order valence-corrected chi connectivity index (χ3v) is 5.73.